The predicted molar refractivity (Wildman–Crippen MR) is 50.8 cm³/mol. The number of rotatable bonds is 5. The lowest BCUT2D eigenvalue weighted by Crippen LogP contribution is -2.26. The minimum absolute atomic E-state index is 0.133. The lowest BCUT2D eigenvalue weighted by Gasteiger charge is -2.18. The van der Waals surface area contributed by atoms with Crippen molar-refractivity contribution in [3.8, 4) is 0 Å². The number of carbonyl (C=O) groups is 1. The highest BCUT2D eigenvalue weighted by atomic mass is 16.8. The first kappa shape index (κ1) is 11.3. The molecule has 14 heavy (non-hydrogen) atoms. The smallest absolute Gasteiger partial charge is 0.434 e. The van der Waals surface area contributed by atoms with Crippen LogP contribution < -0.4 is 0 Å². The van der Waals surface area contributed by atoms with Crippen LogP contribution in [-0.4, -0.2) is 26.2 Å². The predicted octanol–water partition coefficient (Wildman–Crippen LogP) is 2.18. The Balaban J connectivity index is 2.15. The Morgan fingerprint density at radius 3 is 2.50 bits per heavy atom. The van der Waals surface area contributed by atoms with E-state index in [-0.39, 0.29) is 5.92 Å². The average molecular weight is 202 g/mol. The van der Waals surface area contributed by atoms with E-state index in [2.05, 4.69) is 0 Å². The number of methoxy groups -OCH3 is 1. The molecule has 1 aliphatic rings. The highest BCUT2D eigenvalue weighted by molar-refractivity contribution is 5.60. The van der Waals surface area contributed by atoms with Gasteiger partial charge in [0.1, 0.15) is 0 Å². The van der Waals surface area contributed by atoms with Crippen LogP contribution >= 0.6 is 0 Å². The number of carbonyl (C=O) groups excluding carboxylic acids is 1. The van der Waals surface area contributed by atoms with Gasteiger partial charge in [0.25, 0.3) is 0 Å². The average Bonchev–Trinajstić information content (AvgIpc) is 2.93. The van der Waals surface area contributed by atoms with E-state index in [1.807, 2.05) is 13.8 Å². The Labute approximate surface area is 84.5 Å². The molecule has 1 fully saturated rings. The van der Waals surface area contributed by atoms with Crippen molar-refractivity contribution in [2.45, 2.75) is 33.0 Å². The van der Waals surface area contributed by atoms with Crippen molar-refractivity contribution in [1.29, 1.82) is 0 Å². The van der Waals surface area contributed by atoms with Crippen LogP contribution in [0.2, 0.25) is 0 Å². The lowest BCUT2D eigenvalue weighted by molar-refractivity contribution is -0.127. The second kappa shape index (κ2) is 5.20. The number of ether oxygens (including phenoxy) is 3. The summed E-state index contributed by atoms with van der Waals surface area (Å²) in [5.41, 5.74) is 0. The minimum Gasteiger partial charge on any atom is -0.434 e. The first-order valence-corrected chi connectivity index (χ1v) is 4.99. The van der Waals surface area contributed by atoms with Gasteiger partial charge in [0, 0.05) is 13.0 Å². The number of hydrogen-bond acceptors (Lipinski definition) is 4. The Kier molecular flexibility index (Phi) is 4.20. The number of hydrogen-bond donors (Lipinski definition) is 0. The maximum atomic E-state index is 11.1. The van der Waals surface area contributed by atoms with E-state index in [1.165, 1.54) is 7.11 Å². The molecule has 0 amide bonds. The van der Waals surface area contributed by atoms with E-state index in [9.17, 15) is 4.79 Å². The van der Waals surface area contributed by atoms with Crippen LogP contribution in [0.1, 0.15) is 26.7 Å². The van der Waals surface area contributed by atoms with Gasteiger partial charge in [0.2, 0.25) is 6.29 Å². The molecule has 0 N–H and O–H groups in total. The molecule has 0 bridgehead atoms. The normalized spacial score (nSPS) is 18.0. The fourth-order valence-electron chi connectivity index (χ4n) is 1.06. The summed E-state index contributed by atoms with van der Waals surface area (Å²) in [6.45, 7) is 4.32. The van der Waals surface area contributed by atoms with Gasteiger partial charge >= 0.3 is 6.16 Å². The molecular weight excluding hydrogens is 184 g/mol. The molecule has 1 saturated carbocycles. The molecule has 0 aromatic rings. The first-order chi connectivity index (χ1) is 6.63. The minimum atomic E-state index is -0.627. The zero-order valence-corrected chi connectivity index (χ0v) is 8.99. The van der Waals surface area contributed by atoms with Crippen molar-refractivity contribution in [3.05, 3.63) is 0 Å². The second-order valence-corrected chi connectivity index (χ2v) is 3.97. The zero-order valence-electron chi connectivity index (χ0n) is 8.99. The highest BCUT2D eigenvalue weighted by Crippen LogP contribution is 2.28. The molecule has 0 saturated heterocycles. The SMILES string of the molecule is COC(OC(=O)OCC1CC1)C(C)C. The van der Waals surface area contributed by atoms with E-state index in [0.717, 1.165) is 12.8 Å². The molecule has 0 aliphatic heterocycles. The fraction of sp³-hybridized carbons (Fsp3) is 0.900. The van der Waals surface area contributed by atoms with Gasteiger partial charge in [0.15, 0.2) is 0 Å². The Morgan fingerprint density at radius 1 is 1.43 bits per heavy atom. The monoisotopic (exact) mass is 202 g/mol. The van der Waals surface area contributed by atoms with Crippen molar-refractivity contribution in [2.24, 2.45) is 11.8 Å². The van der Waals surface area contributed by atoms with Crippen LogP contribution in [0, 0.1) is 11.8 Å². The summed E-state index contributed by atoms with van der Waals surface area (Å²) in [5, 5.41) is 0. The van der Waals surface area contributed by atoms with Crippen LogP contribution in [-0.2, 0) is 14.2 Å². The molecule has 4 nitrogen and oxygen atoms in total. The van der Waals surface area contributed by atoms with Crippen LogP contribution in [0.5, 0.6) is 0 Å². The molecule has 1 unspecified atom stereocenters. The summed E-state index contributed by atoms with van der Waals surface area (Å²) in [6.07, 6.45) is 1.18. The molecule has 1 atom stereocenters. The summed E-state index contributed by atoms with van der Waals surface area (Å²) in [7, 11) is 1.51. The topological polar surface area (TPSA) is 44.8 Å². The Morgan fingerprint density at radius 2 is 2.07 bits per heavy atom. The highest BCUT2D eigenvalue weighted by Gasteiger charge is 2.25. The molecule has 4 heteroatoms. The van der Waals surface area contributed by atoms with Crippen LogP contribution in [0.4, 0.5) is 4.79 Å². The van der Waals surface area contributed by atoms with Crippen molar-refractivity contribution >= 4 is 6.16 Å². The van der Waals surface area contributed by atoms with E-state index in [0.29, 0.717) is 12.5 Å². The maximum Gasteiger partial charge on any atom is 0.510 e. The molecule has 1 aliphatic carbocycles. The van der Waals surface area contributed by atoms with Gasteiger partial charge in [-0.05, 0) is 18.8 Å². The largest absolute Gasteiger partial charge is 0.510 e. The summed E-state index contributed by atoms with van der Waals surface area (Å²) < 4.78 is 14.8. The standard InChI is InChI=1S/C10H18O4/c1-7(2)9(12-3)14-10(11)13-6-8-4-5-8/h7-9H,4-6H2,1-3H3. The molecular formula is C10H18O4. The van der Waals surface area contributed by atoms with Gasteiger partial charge in [0.05, 0.1) is 6.61 Å². The Hall–Kier alpha value is -0.770. The lowest BCUT2D eigenvalue weighted by atomic mass is 10.2. The van der Waals surface area contributed by atoms with E-state index in [4.69, 9.17) is 14.2 Å². The van der Waals surface area contributed by atoms with Gasteiger partial charge in [-0.15, -0.1) is 0 Å². The third-order valence-electron chi connectivity index (χ3n) is 2.12. The van der Waals surface area contributed by atoms with Gasteiger partial charge in [-0.25, -0.2) is 4.79 Å². The molecule has 1 rings (SSSR count). The fourth-order valence-corrected chi connectivity index (χ4v) is 1.06. The molecule has 0 spiro atoms. The molecule has 0 aromatic carbocycles. The summed E-state index contributed by atoms with van der Waals surface area (Å²) in [4.78, 5) is 11.1. The molecule has 0 radical (unpaired) electrons. The zero-order chi connectivity index (χ0) is 10.6. The molecule has 0 heterocycles. The van der Waals surface area contributed by atoms with E-state index >= 15 is 0 Å². The van der Waals surface area contributed by atoms with Gasteiger partial charge in [-0.2, -0.15) is 0 Å². The van der Waals surface area contributed by atoms with Crippen LogP contribution in [0.15, 0.2) is 0 Å². The first-order valence-electron chi connectivity index (χ1n) is 4.99. The van der Waals surface area contributed by atoms with Crippen molar-refractivity contribution in [2.75, 3.05) is 13.7 Å². The maximum absolute atomic E-state index is 11.1. The quantitative estimate of drug-likeness (QED) is 0.506. The van der Waals surface area contributed by atoms with Crippen molar-refractivity contribution in [3.63, 3.8) is 0 Å². The third-order valence-corrected chi connectivity index (χ3v) is 2.12. The van der Waals surface area contributed by atoms with Gasteiger partial charge < -0.3 is 14.2 Å². The van der Waals surface area contributed by atoms with E-state index in [1.54, 1.807) is 0 Å². The van der Waals surface area contributed by atoms with Crippen molar-refractivity contribution < 1.29 is 19.0 Å². The van der Waals surface area contributed by atoms with E-state index < -0.39 is 12.4 Å². The summed E-state index contributed by atoms with van der Waals surface area (Å²) in [6, 6.07) is 0. The summed E-state index contributed by atoms with van der Waals surface area (Å²) in [5.74, 6) is 0.691. The summed E-state index contributed by atoms with van der Waals surface area (Å²) >= 11 is 0. The third kappa shape index (κ3) is 3.96. The van der Waals surface area contributed by atoms with Gasteiger partial charge in [-0.3, -0.25) is 0 Å². The van der Waals surface area contributed by atoms with Crippen LogP contribution in [0.25, 0.3) is 0 Å². The molecule has 0 aromatic heterocycles. The van der Waals surface area contributed by atoms with Crippen molar-refractivity contribution in [1.82, 2.24) is 0 Å². The van der Waals surface area contributed by atoms with Crippen LogP contribution in [0.3, 0.4) is 0 Å². The second-order valence-electron chi connectivity index (χ2n) is 3.97. The Bertz CT molecular complexity index is 187. The molecule has 82 valence electrons. The van der Waals surface area contributed by atoms with Gasteiger partial charge in [-0.1, -0.05) is 13.8 Å².